The van der Waals surface area contributed by atoms with E-state index in [4.69, 9.17) is 0 Å². The fourth-order valence-electron chi connectivity index (χ4n) is 1.96. The minimum absolute atomic E-state index is 0.453. The molecule has 0 fully saturated rings. The maximum Gasteiger partial charge on any atom is 0.411 e. The molecule has 0 saturated heterocycles. The quantitative estimate of drug-likeness (QED) is 0.848. The van der Waals surface area contributed by atoms with Gasteiger partial charge in [-0.3, -0.25) is 4.79 Å². The average molecular weight is 338 g/mol. The molecule has 1 amide bonds. The molecule has 1 aromatic carbocycles. The van der Waals surface area contributed by atoms with Gasteiger partial charge in [-0.2, -0.15) is 13.2 Å². The van der Waals surface area contributed by atoms with E-state index in [1.165, 1.54) is 4.90 Å². The van der Waals surface area contributed by atoms with Gasteiger partial charge in [0.25, 0.3) is 5.91 Å². The number of carbonyl (C=O) groups excluding carboxylic acids is 1. The highest BCUT2D eigenvalue weighted by molar-refractivity contribution is 9.10. The maximum absolute atomic E-state index is 11.9. The van der Waals surface area contributed by atoms with Gasteiger partial charge in [-0.25, -0.2) is 0 Å². The number of rotatable bonds is 3. The molecule has 1 aliphatic heterocycles. The topological polar surface area (TPSA) is 29.5 Å². The van der Waals surface area contributed by atoms with Crippen LogP contribution >= 0.6 is 15.9 Å². The van der Waals surface area contributed by atoms with Gasteiger partial charge >= 0.3 is 6.18 Å². The Labute approximate surface area is 116 Å². The summed E-state index contributed by atoms with van der Waals surface area (Å²) in [7, 11) is 0. The minimum atomic E-state index is -4.41. The predicted octanol–water partition coefficient (Wildman–Crippen LogP) is 2.92. The van der Waals surface area contributed by atoms with Gasteiger partial charge in [-0.05, 0) is 30.2 Å². The van der Waals surface area contributed by atoms with Crippen molar-refractivity contribution >= 4 is 27.5 Å². The van der Waals surface area contributed by atoms with E-state index in [-0.39, 0.29) is 0 Å². The number of nitrogens with zero attached hydrogens (tertiary/aromatic N) is 1. The van der Waals surface area contributed by atoms with E-state index in [2.05, 4.69) is 20.7 Å². The summed E-state index contributed by atoms with van der Waals surface area (Å²) in [4.78, 5) is 13.3. The molecule has 1 heterocycles. The molecule has 2 rings (SSSR count). The Kier molecular flexibility index (Phi) is 4.15. The largest absolute Gasteiger partial charge is 0.411 e. The number of hydrogen-bond acceptors (Lipinski definition) is 2. The fourth-order valence-corrected chi connectivity index (χ4v) is 2.37. The molecule has 0 unspecified atom stereocenters. The molecule has 0 N–H and O–H groups in total. The molecule has 1 aliphatic rings. The number of benzene rings is 1. The van der Waals surface area contributed by atoms with E-state index in [0.29, 0.717) is 13.0 Å². The lowest BCUT2D eigenvalue weighted by molar-refractivity contribution is -0.175. The number of ether oxygens (including phenoxy) is 1. The molecule has 0 atom stereocenters. The summed E-state index contributed by atoms with van der Waals surface area (Å²) in [5.74, 6) is -0.453. The normalized spacial score (nSPS) is 14.6. The first-order valence-corrected chi connectivity index (χ1v) is 6.39. The van der Waals surface area contributed by atoms with Crippen LogP contribution in [-0.4, -0.2) is 31.8 Å². The van der Waals surface area contributed by atoms with Crippen molar-refractivity contribution < 1.29 is 22.7 Å². The van der Waals surface area contributed by atoms with Gasteiger partial charge in [0.05, 0.1) is 0 Å². The molecule has 0 radical (unpaired) electrons. The van der Waals surface area contributed by atoms with Crippen molar-refractivity contribution in [1.29, 1.82) is 0 Å². The number of carbonyl (C=O) groups is 1. The molecule has 7 heteroatoms. The van der Waals surface area contributed by atoms with Crippen LogP contribution in [0.4, 0.5) is 18.9 Å². The Bertz CT molecular complexity index is 490. The molecular weight excluding hydrogens is 327 g/mol. The number of alkyl halides is 3. The third-order valence-electron chi connectivity index (χ3n) is 2.73. The van der Waals surface area contributed by atoms with Crippen LogP contribution in [0.5, 0.6) is 0 Å². The first kappa shape index (κ1) is 14.3. The van der Waals surface area contributed by atoms with Crippen molar-refractivity contribution in [3.8, 4) is 0 Å². The number of anilines is 1. The van der Waals surface area contributed by atoms with Crippen LogP contribution in [0.3, 0.4) is 0 Å². The molecular formula is C12H11BrF3NO2. The van der Waals surface area contributed by atoms with Gasteiger partial charge < -0.3 is 9.64 Å². The van der Waals surface area contributed by atoms with Crippen molar-refractivity contribution in [3.05, 3.63) is 28.2 Å². The van der Waals surface area contributed by atoms with Gasteiger partial charge in [-0.15, -0.1) is 0 Å². The van der Waals surface area contributed by atoms with Crippen LogP contribution in [0, 0.1) is 0 Å². The summed E-state index contributed by atoms with van der Waals surface area (Å²) in [6, 6.07) is 5.47. The summed E-state index contributed by atoms with van der Waals surface area (Å²) in [5.41, 5.74) is 1.74. The molecule has 0 aliphatic carbocycles. The molecule has 3 nitrogen and oxygen atoms in total. The van der Waals surface area contributed by atoms with Gasteiger partial charge in [-0.1, -0.05) is 15.9 Å². The van der Waals surface area contributed by atoms with Crippen LogP contribution in [0.1, 0.15) is 5.56 Å². The SMILES string of the molecule is O=C(COCC(F)(F)F)N1CCc2cc(Br)ccc21. The third kappa shape index (κ3) is 3.70. The molecule has 1 aromatic rings. The summed E-state index contributed by atoms with van der Waals surface area (Å²) in [6.07, 6.45) is -3.71. The van der Waals surface area contributed by atoms with Crippen LogP contribution in [0.2, 0.25) is 0 Å². The number of hydrogen-bond donors (Lipinski definition) is 0. The molecule has 19 heavy (non-hydrogen) atoms. The van der Waals surface area contributed by atoms with E-state index in [1.54, 1.807) is 12.1 Å². The molecule has 0 bridgehead atoms. The standard InChI is InChI=1S/C12H11BrF3NO2/c13-9-1-2-10-8(5-9)3-4-17(10)11(18)6-19-7-12(14,15)16/h1-2,5H,3-4,6-7H2. The van der Waals surface area contributed by atoms with Crippen molar-refractivity contribution in [2.24, 2.45) is 0 Å². The monoisotopic (exact) mass is 337 g/mol. The highest BCUT2D eigenvalue weighted by Crippen LogP contribution is 2.30. The van der Waals surface area contributed by atoms with Crippen LogP contribution in [-0.2, 0) is 16.0 Å². The van der Waals surface area contributed by atoms with Gasteiger partial charge in [0.1, 0.15) is 13.2 Å². The van der Waals surface area contributed by atoms with Crippen molar-refractivity contribution in [1.82, 2.24) is 0 Å². The fraction of sp³-hybridized carbons (Fsp3) is 0.417. The lowest BCUT2D eigenvalue weighted by atomic mass is 10.2. The molecule has 0 spiro atoms. The predicted molar refractivity (Wildman–Crippen MR) is 67.1 cm³/mol. The summed E-state index contributed by atoms with van der Waals surface area (Å²) >= 11 is 3.33. The Morgan fingerprint density at radius 3 is 2.84 bits per heavy atom. The minimum Gasteiger partial charge on any atom is -0.362 e. The van der Waals surface area contributed by atoms with Crippen LogP contribution in [0.25, 0.3) is 0 Å². The average Bonchev–Trinajstić information content (AvgIpc) is 2.69. The molecule has 0 saturated carbocycles. The van der Waals surface area contributed by atoms with Crippen molar-refractivity contribution in [3.63, 3.8) is 0 Å². The third-order valence-corrected chi connectivity index (χ3v) is 3.22. The second-order valence-corrected chi connectivity index (χ2v) is 5.09. The number of amides is 1. The summed E-state index contributed by atoms with van der Waals surface area (Å²) in [6.45, 7) is -1.49. The molecule has 104 valence electrons. The van der Waals surface area contributed by atoms with Crippen molar-refractivity contribution in [2.75, 3.05) is 24.7 Å². The van der Waals surface area contributed by atoms with Gasteiger partial charge in [0.15, 0.2) is 0 Å². The highest BCUT2D eigenvalue weighted by Gasteiger charge is 2.29. The number of fused-ring (bicyclic) bond motifs is 1. The zero-order chi connectivity index (χ0) is 14.0. The molecule has 0 aromatic heterocycles. The van der Waals surface area contributed by atoms with Gasteiger partial charge in [0.2, 0.25) is 0 Å². The first-order chi connectivity index (χ1) is 8.87. The van der Waals surface area contributed by atoms with E-state index >= 15 is 0 Å². The smallest absolute Gasteiger partial charge is 0.362 e. The Morgan fingerprint density at radius 1 is 1.42 bits per heavy atom. The zero-order valence-electron chi connectivity index (χ0n) is 9.84. The Morgan fingerprint density at radius 2 is 2.16 bits per heavy atom. The van der Waals surface area contributed by atoms with Crippen molar-refractivity contribution in [2.45, 2.75) is 12.6 Å². The van der Waals surface area contributed by atoms with E-state index < -0.39 is 25.3 Å². The van der Waals surface area contributed by atoms with Crippen LogP contribution < -0.4 is 4.90 Å². The second kappa shape index (κ2) is 5.50. The van der Waals surface area contributed by atoms with Crippen LogP contribution in [0.15, 0.2) is 22.7 Å². The number of halogens is 4. The Balaban J connectivity index is 1.96. The first-order valence-electron chi connectivity index (χ1n) is 5.60. The summed E-state index contributed by atoms with van der Waals surface area (Å²) in [5, 5.41) is 0. The lowest BCUT2D eigenvalue weighted by Crippen LogP contribution is -2.33. The van der Waals surface area contributed by atoms with Gasteiger partial charge in [0, 0.05) is 16.7 Å². The second-order valence-electron chi connectivity index (χ2n) is 4.18. The van der Waals surface area contributed by atoms with E-state index in [0.717, 1.165) is 15.7 Å². The Hall–Kier alpha value is -1.08. The lowest BCUT2D eigenvalue weighted by Gasteiger charge is -2.17. The highest BCUT2D eigenvalue weighted by atomic mass is 79.9. The van der Waals surface area contributed by atoms with E-state index in [1.807, 2.05) is 6.07 Å². The van der Waals surface area contributed by atoms with E-state index in [9.17, 15) is 18.0 Å². The zero-order valence-corrected chi connectivity index (χ0v) is 11.4. The maximum atomic E-state index is 11.9. The summed E-state index contributed by atoms with van der Waals surface area (Å²) < 4.78 is 41.0.